The second kappa shape index (κ2) is 60.7. The van der Waals surface area contributed by atoms with Crippen LogP contribution in [0.15, 0.2) is 60.8 Å². The Balaban J connectivity index is 4.29. The van der Waals surface area contributed by atoms with Gasteiger partial charge in [-0.05, 0) is 83.5 Å². The molecule has 6 heteroatoms. The molecule has 0 aliphatic carbocycles. The molecule has 1 atom stereocenters. The van der Waals surface area contributed by atoms with E-state index in [0.717, 1.165) is 103 Å². The van der Waals surface area contributed by atoms with Crippen LogP contribution in [0.25, 0.3) is 0 Å². The van der Waals surface area contributed by atoms with Gasteiger partial charge in [-0.15, -0.1) is 0 Å². The van der Waals surface area contributed by atoms with Crippen molar-refractivity contribution in [2.45, 2.75) is 329 Å². The van der Waals surface area contributed by atoms with Crippen LogP contribution >= 0.6 is 0 Å². The van der Waals surface area contributed by atoms with Gasteiger partial charge in [-0.2, -0.15) is 0 Å². The summed E-state index contributed by atoms with van der Waals surface area (Å²) in [5.74, 6) is -0.902. The normalized spacial score (nSPS) is 12.4. The van der Waals surface area contributed by atoms with Crippen LogP contribution in [-0.2, 0) is 28.6 Å². The van der Waals surface area contributed by atoms with Crippen LogP contribution in [0.1, 0.15) is 323 Å². The van der Waals surface area contributed by atoms with Gasteiger partial charge in [0, 0.05) is 19.3 Å². The minimum Gasteiger partial charge on any atom is -0.462 e. The summed E-state index contributed by atoms with van der Waals surface area (Å²) in [7, 11) is 0. The van der Waals surface area contributed by atoms with Crippen LogP contribution in [0.5, 0.6) is 0 Å². The summed E-state index contributed by atoms with van der Waals surface area (Å²) in [6, 6.07) is 0. The molecule has 0 bridgehead atoms. The van der Waals surface area contributed by atoms with Crippen molar-refractivity contribution in [2.24, 2.45) is 0 Å². The highest BCUT2D eigenvalue weighted by Crippen LogP contribution is 2.17. The maximum atomic E-state index is 12.9. The lowest BCUT2D eigenvalue weighted by atomic mass is 10.0. The zero-order valence-corrected chi connectivity index (χ0v) is 47.9. The Bertz CT molecular complexity index is 1290. The molecule has 6 nitrogen and oxygen atoms in total. The van der Waals surface area contributed by atoms with Gasteiger partial charge in [-0.1, -0.05) is 281 Å². The van der Waals surface area contributed by atoms with E-state index in [1.807, 2.05) is 0 Å². The highest BCUT2D eigenvalue weighted by molar-refractivity contribution is 5.71. The van der Waals surface area contributed by atoms with Gasteiger partial charge in [0.25, 0.3) is 0 Å². The van der Waals surface area contributed by atoms with Crippen molar-refractivity contribution in [3.05, 3.63) is 60.8 Å². The number of ether oxygens (including phenoxy) is 3. The average molecular weight is 1010 g/mol. The van der Waals surface area contributed by atoms with E-state index in [-0.39, 0.29) is 31.1 Å². The Morgan fingerprint density at radius 3 is 0.875 bits per heavy atom. The monoisotopic (exact) mass is 1010 g/mol. The first-order valence-corrected chi connectivity index (χ1v) is 31.3. The summed E-state index contributed by atoms with van der Waals surface area (Å²) in [4.78, 5) is 38.2. The molecule has 0 saturated heterocycles. The minimum absolute atomic E-state index is 0.0840. The molecule has 0 saturated carbocycles. The van der Waals surface area contributed by atoms with Crippen LogP contribution < -0.4 is 0 Å². The third-order valence-corrected chi connectivity index (χ3v) is 13.8. The maximum Gasteiger partial charge on any atom is 0.306 e. The molecule has 0 aromatic rings. The summed E-state index contributed by atoms with van der Waals surface area (Å²) in [5.41, 5.74) is 0. The van der Waals surface area contributed by atoms with Crippen LogP contribution in [0, 0.1) is 0 Å². The lowest BCUT2D eigenvalue weighted by Gasteiger charge is -2.18. The Morgan fingerprint density at radius 1 is 0.292 bits per heavy atom. The molecule has 0 aliphatic heterocycles. The topological polar surface area (TPSA) is 78.9 Å². The first-order valence-electron chi connectivity index (χ1n) is 31.3. The van der Waals surface area contributed by atoms with E-state index >= 15 is 0 Å². The number of esters is 3. The molecule has 0 aromatic carbocycles. The quantitative estimate of drug-likeness (QED) is 0.0261. The predicted molar refractivity (Wildman–Crippen MR) is 312 cm³/mol. The number of rotatable bonds is 57. The summed E-state index contributed by atoms with van der Waals surface area (Å²) in [6.45, 7) is 6.53. The number of unbranched alkanes of at least 4 members (excludes halogenated alkanes) is 36. The molecule has 1 unspecified atom stereocenters. The fraction of sp³-hybridized carbons (Fsp3) is 0.803. The van der Waals surface area contributed by atoms with Gasteiger partial charge in [0.05, 0.1) is 0 Å². The lowest BCUT2D eigenvalue weighted by molar-refractivity contribution is -0.167. The van der Waals surface area contributed by atoms with Crippen molar-refractivity contribution < 1.29 is 28.6 Å². The molecule has 0 spiro atoms. The van der Waals surface area contributed by atoms with Gasteiger partial charge in [0.2, 0.25) is 0 Å². The molecule has 0 heterocycles. The summed E-state index contributed by atoms with van der Waals surface area (Å²) >= 11 is 0. The Morgan fingerprint density at radius 2 is 0.542 bits per heavy atom. The van der Waals surface area contributed by atoms with Crippen LogP contribution in [0.3, 0.4) is 0 Å². The van der Waals surface area contributed by atoms with Crippen LogP contribution in [-0.4, -0.2) is 37.2 Å². The van der Waals surface area contributed by atoms with Gasteiger partial charge in [-0.25, -0.2) is 0 Å². The zero-order valence-electron chi connectivity index (χ0n) is 47.9. The van der Waals surface area contributed by atoms with Crippen molar-refractivity contribution in [1.29, 1.82) is 0 Å². The zero-order chi connectivity index (χ0) is 52.2. The van der Waals surface area contributed by atoms with Gasteiger partial charge in [-0.3, -0.25) is 14.4 Å². The van der Waals surface area contributed by atoms with Crippen molar-refractivity contribution in [3.63, 3.8) is 0 Å². The summed E-state index contributed by atoms with van der Waals surface area (Å²) in [6.07, 6.45) is 76.6. The number of carbonyl (C=O) groups excluding carboxylic acids is 3. The van der Waals surface area contributed by atoms with Crippen LogP contribution in [0.2, 0.25) is 0 Å². The van der Waals surface area contributed by atoms with Crippen molar-refractivity contribution in [1.82, 2.24) is 0 Å². The lowest BCUT2D eigenvalue weighted by Crippen LogP contribution is -2.30. The summed E-state index contributed by atoms with van der Waals surface area (Å²) in [5, 5.41) is 0. The number of hydrogen-bond acceptors (Lipinski definition) is 6. The highest BCUT2D eigenvalue weighted by Gasteiger charge is 2.19. The van der Waals surface area contributed by atoms with Crippen molar-refractivity contribution >= 4 is 17.9 Å². The molecular weight excluding hydrogens is 889 g/mol. The number of carbonyl (C=O) groups is 3. The Labute approximate surface area is 447 Å². The molecule has 0 aromatic heterocycles. The largest absolute Gasteiger partial charge is 0.462 e. The van der Waals surface area contributed by atoms with E-state index in [4.69, 9.17) is 14.2 Å². The van der Waals surface area contributed by atoms with Crippen molar-refractivity contribution in [2.75, 3.05) is 13.2 Å². The van der Waals surface area contributed by atoms with E-state index in [2.05, 4.69) is 81.5 Å². The highest BCUT2D eigenvalue weighted by atomic mass is 16.6. The molecule has 0 N–H and O–H groups in total. The van der Waals surface area contributed by atoms with Crippen LogP contribution in [0.4, 0.5) is 0 Å². The smallest absolute Gasteiger partial charge is 0.306 e. The molecule has 0 radical (unpaired) electrons. The van der Waals surface area contributed by atoms with E-state index in [9.17, 15) is 14.4 Å². The predicted octanol–water partition coefficient (Wildman–Crippen LogP) is 21.2. The van der Waals surface area contributed by atoms with E-state index in [0.29, 0.717) is 19.3 Å². The fourth-order valence-corrected chi connectivity index (χ4v) is 9.08. The molecular formula is C66H118O6. The molecule has 418 valence electrons. The first-order chi connectivity index (χ1) is 35.5. The standard InChI is InChI=1S/C66H118O6/c1-4-7-10-13-16-19-22-25-27-29-30-31-32-33-34-35-37-38-41-44-47-50-53-56-59-65(68)71-62-63(61-70-64(67)58-55-52-49-46-43-40-24-21-18-15-12-9-6-3)72-66(69)60-57-54-51-48-45-42-39-36-28-26-23-20-17-14-11-8-5-2/h8,11,17,20-21,24,26,28,39,42,63H,4-7,9-10,12-16,18-19,22-23,25,27,29-38,40-41,43-62H2,1-3H3/b11-8-,20-17-,24-21-,28-26-,42-39-. The molecule has 0 aliphatic rings. The number of allylic oxidation sites excluding steroid dienone is 10. The van der Waals surface area contributed by atoms with Gasteiger partial charge in [0.1, 0.15) is 13.2 Å². The fourth-order valence-electron chi connectivity index (χ4n) is 9.08. The van der Waals surface area contributed by atoms with Crippen molar-refractivity contribution in [3.8, 4) is 0 Å². The number of hydrogen-bond donors (Lipinski definition) is 0. The second-order valence-electron chi connectivity index (χ2n) is 20.9. The third kappa shape index (κ3) is 58.0. The maximum absolute atomic E-state index is 12.9. The Kier molecular flexibility index (Phi) is 58.2. The van der Waals surface area contributed by atoms with Gasteiger partial charge >= 0.3 is 17.9 Å². The third-order valence-electron chi connectivity index (χ3n) is 13.8. The van der Waals surface area contributed by atoms with Gasteiger partial charge in [0.15, 0.2) is 6.10 Å². The molecule has 0 rings (SSSR count). The molecule has 0 fully saturated rings. The second-order valence-corrected chi connectivity index (χ2v) is 20.9. The first kappa shape index (κ1) is 69.1. The van der Waals surface area contributed by atoms with Gasteiger partial charge < -0.3 is 14.2 Å². The Hall–Kier alpha value is -2.89. The molecule has 0 amide bonds. The SMILES string of the molecule is CC/C=C\C/C=C\C/C=C\C/C=C\CCCCCCC(=O)OC(COC(=O)CCCCCCC/C=C\CCCCCC)COC(=O)CCCCCCCCCCCCCCCCCCCCCCCCCC. The minimum atomic E-state index is -0.789. The van der Waals surface area contributed by atoms with E-state index in [1.54, 1.807) is 0 Å². The van der Waals surface area contributed by atoms with E-state index < -0.39 is 6.10 Å². The summed E-state index contributed by atoms with van der Waals surface area (Å²) < 4.78 is 16.9. The van der Waals surface area contributed by atoms with E-state index in [1.165, 1.54) is 180 Å². The average Bonchev–Trinajstić information content (AvgIpc) is 3.38. The molecule has 72 heavy (non-hydrogen) atoms.